The molecule has 0 bridgehead atoms. The normalized spacial score (nSPS) is 20.4. The van der Waals surface area contributed by atoms with Crippen LogP contribution in [0.3, 0.4) is 0 Å². The third-order valence-electron chi connectivity index (χ3n) is 1.97. The second-order valence-electron chi connectivity index (χ2n) is 2.71. The lowest BCUT2D eigenvalue weighted by atomic mass is 10.1. The van der Waals surface area contributed by atoms with Gasteiger partial charge in [0, 0.05) is 18.2 Å². The van der Waals surface area contributed by atoms with Gasteiger partial charge in [0.2, 0.25) is 6.29 Å². The molecule has 0 aliphatic carbocycles. The summed E-state index contributed by atoms with van der Waals surface area (Å²) in [5, 5.41) is 0. The molecule has 62 valence electrons. The van der Waals surface area contributed by atoms with Crippen LogP contribution in [0, 0.1) is 0 Å². The lowest BCUT2D eigenvalue weighted by molar-refractivity contribution is 0.00154. The molecule has 0 amide bonds. The zero-order valence-electron chi connectivity index (χ0n) is 6.91. The summed E-state index contributed by atoms with van der Waals surface area (Å²) in [7, 11) is 1.61. The van der Waals surface area contributed by atoms with Gasteiger partial charge in [-0.3, -0.25) is 0 Å². The van der Waals surface area contributed by atoms with Gasteiger partial charge in [-0.05, 0) is 6.07 Å². The highest BCUT2D eigenvalue weighted by molar-refractivity contribution is 5.74. The minimum atomic E-state index is -0.303. The Balaban J connectivity index is 2.42. The first-order valence-electron chi connectivity index (χ1n) is 3.80. The molecule has 0 N–H and O–H groups in total. The third-order valence-corrected chi connectivity index (χ3v) is 1.97. The maximum Gasteiger partial charge on any atom is 0.226 e. The molecule has 1 heterocycles. The van der Waals surface area contributed by atoms with Crippen LogP contribution in [-0.4, -0.2) is 13.4 Å². The molecule has 0 fully saturated rings. The van der Waals surface area contributed by atoms with Crippen molar-refractivity contribution in [2.24, 2.45) is 0 Å². The molecular weight excluding hydrogens is 152 g/mol. The van der Waals surface area contributed by atoms with Gasteiger partial charge in [0.25, 0.3) is 0 Å². The van der Waals surface area contributed by atoms with E-state index in [2.05, 4.69) is 6.58 Å². The van der Waals surface area contributed by atoms with E-state index < -0.39 is 0 Å². The zero-order chi connectivity index (χ0) is 8.55. The van der Waals surface area contributed by atoms with Crippen LogP contribution in [0.4, 0.5) is 0 Å². The maximum atomic E-state index is 5.45. The fraction of sp³-hybridized carbons (Fsp3) is 0.200. The van der Waals surface area contributed by atoms with Gasteiger partial charge in [0.1, 0.15) is 5.75 Å². The van der Waals surface area contributed by atoms with Gasteiger partial charge < -0.3 is 9.47 Å². The Kier molecular flexibility index (Phi) is 1.62. The van der Waals surface area contributed by atoms with E-state index in [0.29, 0.717) is 0 Å². The Hall–Kier alpha value is -1.28. The first-order chi connectivity index (χ1) is 5.83. The summed E-state index contributed by atoms with van der Waals surface area (Å²) < 4.78 is 10.5. The summed E-state index contributed by atoms with van der Waals surface area (Å²) >= 11 is 0. The van der Waals surface area contributed by atoms with Crippen molar-refractivity contribution in [1.82, 2.24) is 0 Å². The van der Waals surface area contributed by atoms with Crippen molar-refractivity contribution < 1.29 is 9.47 Å². The van der Waals surface area contributed by atoms with Crippen LogP contribution >= 0.6 is 0 Å². The van der Waals surface area contributed by atoms with Crippen molar-refractivity contribution in [3.8, 4) is 5.75 Å². The molecule has 1 aromatic rings. The molecule has 1 unspecified atom stereocenters. The van der Waals surface area contributed by atoms with Crippen LogP contribution in [0.1, 0.15) is 5.56 Å². The van der Waals surface area contributed by atoms with Crippen molar-refractivity contribution in [2.45, 2.75) is 6.29 Å². The predicted molar refractivity (Wildman–Crippen MR) is 46.9 cm³/mol. The summed E-state index contributed by atoms with van der Waals surface area (Å²) in [6, 6.07) is 7.80. The predicted octanol–water partition coefficient (Wildman–Crippen LogP) is 2.06. The van der Waals surface area contributed by atoms with Crippen LogP contribution in [0.2, 0.25) is 0 Å². The molecule has 2 nitrogen and oxygen atoms in total. The van der Waals surface area contributed by atoms with E-state index in [4.69, 9.17) is 9.47 Å². The van der Waals surface area contributed by atoms with Crippen molar-refractivity contribution in [1.29, 1.82) is 0 Å². The van der Waals surface area contributed by atoms with Crippen molar-refractivity contribution in [3.05, 3.63) is 36.4 Å². The molecule has 1 aliphatic rings. The molecule has 1 aliphatic heterocycles. The number of rotatable bonds is 1. The first-order valence-corrected chi connectivity index (χ1v) is 3.80. The molecule has 12 heavy (non-hydrogen) atoms. The highest BCUT2D eigenvalue weighted by Crippen LogP contribution is 2.35. The van der Waals surface area contributed by atoms with Crippen LogP contribution < -0.4 is 4.74 Å². The fourth-order valence-electron chi connectivity index (χ4n) is 1.34. The molecule has 2 heteroatoms. The second kappa shape index (κ2) is 2.64. The van der Waals surface area contributed by atoms with Gasteiger partial charge in [-0.25, -0.2) is 0 Å². The SMILES string of the molecule is C=C1c2ccccc2OC1OC. The lowest BCUT2D eigenvalue weighted by Gasteiger charge is -2.07. The number of methoxy groups -OCH3 is 1. The van der Waals surface area contributed by atoms with Crippen LogP contribution in [0.25, 0.3) is 5.57 Å². The summed E-state index contributed by atoms with van der Waals surface area (Å²) in [6.45, 7) is 3.90. The highest BCUT2D eigenvalue weighted by Gasteiger charge is 2.25. The van der Waals surface area contributed by atoms with Crippen molar-refractivity contribution in [3.63, 3.8) is 0 Å². The number of ether oxygens (including phenoxy) is 2. The summed E-state index contributed by atoms with van der Waals surface area (Å²) in [5.74, 6) is 0.856. The summed E-state index contributed by atoms with van der Waals surface area (Å²) in [6.07, 6.45) is -0.303. The van der Waals surface area contributed by atoms with Crippen molar-refractivity contribution >= 4 is 5.57 Å². The van der Waals surface area contributed by atoms with Crippen LogP contribution in [-0.2, 0) is 4.74 Å². The average molecular weight is 162 g/mol. The topological polar surface area (TPSA) is 18.5 Å². The maximum absolute atomic E-state index is 5.45. The van der Waals surface area contributed by atoms with Gasteiger partial charge in [0.05, 0.1) is 0 Å². The molecule has 1 aromatic carbocycles. The van der Waals surface area contributed by atoms with Gasteiger partial charge in [-0.15, -0.1) is 0 Å². The molecule has 0 radical (unpaired) electrons. The number of benzene rings is 1. The van der Waals surface area contributed by atoms with Gasteiger partial charge in [0.15, 0.2) is 0 Å². The Morgan fingerprint density at radius 1 is 1.42 bits per heavy atom. The first kappa shape index (κ1) is 7.37. The smallest absolute Gasteiger partial charge is 0.226 e. The average Bonchev–Trinajstić information content (AvgIpc) is 2.44. The molecule has 0 saturated heterocycles. The highest BCUT2D eigenvalue weighted by atomic mass is 16.7. The Morgan fingerprint density at radius 3 is 2.83 bits per heavy atom. The molecule has 0 spiro atoms. The Labute approximate surface area is 71.4 Å². The monoisotopic (exact) mass is 162 g/mol. The number of fused-ring (bicyclic) bond motifs is 1. The molecule has 1 atom stereocenters. The van der Waals surface area contributed by atoms with E-state index in [1.54, 1.807) is 7.11 Å². The van der Waals surface area contributed by atoms with Gasteiger partial charge in [-0.1, -0.05) is 24.8 Å². The summed E-state index contributed by atoms with van der Waals surface area (Å²) in [4.78, 5) is 0. The van der Waals surface area contributed by atoms with E-state index in [1.807, 2.05) is 24.3 Å². The third kappa shape index (κ3) is 0.924. The minimum Gasteiger partial charge on any atom is -0.460 e. The van der Waals surface area contributed by atoms with E-state index >= 15 is 0 Å². The zero-order valence-corrected chi connectivity index (χ0v) is 6.91. The summed E-state index contributed by atoms with van der Waals surface area (Å²) in [5.41, 5.74) is 1.94. The number of para-hydroxylation sites is 1. The Bertz CT molecular complexity index is 317. The second-order valence-corrected chi connectivity index (χ2v) is 2.71. The number of hydrogen-bond acceptors (Lipinski definition) is 2. The van der Waals surface area contributed by atoms with Gasteiger partial charge >= 0.3 is 0 Å². The minimum absolute atomic E-state index is 0.303. The standard InChI is InChI=1S/C10H10O2/c1-7-8-5-3-4-6-9(8)12-10(7)11-2/h3-6,10H,1H2,2H3. The van der Waals surface area contributed by atoms with Crippen molar-refractivity contribution in [2.75, 3.05) is 7.11 Å². The lowest BCUT2D eigenvalue weighted by Crippen LogP contribution is -2.13. The van der Waals surface area contributed by atoms with Crippen LogP contribution in [0.15, 0.2) is 30.8 Å². The van der Waals surface area contributed by atoms with E-state index in [0.717, 1.165) is 16.9 Å². The Morgan fingerprint density at radius 2 is 2.17 bits per heavy atom. The fourth-order valence-corrected chi connectivity index (χ4v) is 1.34. The molecule has 0 saturated carbocycles. The molecular formula is C10H10O2. The van der Waals surface area contributed by atoms with Crippen LogP contribution in [0.5, 0.6) is 5.75 Å². The molecule has 2 rings (SSSR count). The van der Waals surface area contributed by atoms with E-state index in [9.17, 15) is 0 Å². The number of hydrogen-bond donors (Lipinski definition) is 0. The largest absolute Gasteiger partial charge is 0.460 e. The molecule has 0 aromatic heterocycles. The van der Waals surface area contributed by atoms with Gasteiger partial charge in [-0.2, -0.15) is 0 Å². The van der Waals surface area contributed by atoms with E-state index in [1.165, 1.54) is 0 Å². The quantitative estimate of drug-likeness (QED) is 0.629. The van der Waals surface area contributed by atoms with E-state index in [-0.39, 0.29) is 6.29 Å².